The standard InChI is InChI=1S/C18H20ClFN2.C2H2O4/c19-18-7-2-1-5-16(18)14-22-10-8-21(9-11-22)13-15-4-3-6-17(20)12-15;3-1(4)2(5)6/h1-7,12H,8-11,13-14H2;(H,3,4)(H,5,6). The number of nitrogens with zero attached hydrogens (tertiary/aromatic N) is 2. The van der Waals surface area contributed by atoms with Crippen LogP contribution >= 0.6 is 11.6 Å². The normalized spacial score (nSPS) is 14.8. The highest BCUT2D eigenvalue weighted by Gasteiger charge is 2.17. The monoisotopic (exact) mass is 408 g/mol. The van der Waals surface area contributed by atoms with Crippen molar-refractivity contribution in [3.8, 4) is 0 Å². The van der Waals surface area contributed by atoms with Crippen LogP contribution in [0.2, 0.25) is 5.02 Å². The second-order valence-corrected chi connectivity index (χ2v) is 6.79. The van der Waals surface area contributed by atoms with Gasteiger partial charge in [0.05, 0.1) is 0 Å². The van der Waals surface area contributed by atoms with Crippen molar-refractivity contribution in [2.45, 2.75) is 13.1 Å². The maximum absolute atomic E-state index is 13.2. The molecule has 8 heteroatoms. The van der Waals surface area contributed by atoms with Gasteiger partial charge in [-0.2, -0.15) is 0 Å². The number of halogens is 2. The molecule has 0 radical (unpaired) electrons. The number of benzene rings is 2. The average molecular weight is 409 g/mol. The zero-order chi connectivity index (χ0) is 20.5. The fourth-order valence-electron chi connectivity index (χ4n) is 2.87. The zero-order valence-corrected chi connectivity index (χ0v) is 16.0. The van der Waals surface area contributed by atoms with Crippen molar-refractivity contribution in [3.63, 3.8) is 0 Å². The Kier molecular flexibility index (Phi) is 8.38. The second kappa shape index (κ2) is 10.8. The lowest BCUT2D eigenvalue weighted by molar-refractivity contribution is -0.159. The van der Waals surface area contributed by atoms with Gasteiger partial charge in [-0.05, 0) is 29.3 Å². The largest absolute Gasteiger partial charge is 0.473 e. The van der Waals surface area contributed by atoms with Gasteiger partial charge in [-0.15, -0.1) is 0 Å². The van der Waals surface area contributed by atoms with Gasteiger partial charge in [-0.25, -0.2) is 14.0 Å². The van der Waals surface area contributed by atoms with Crippen LogP contribution in [0.1, 0.15) is 11.1 Å². The minimum absolute atomic E-state index is 0.158. The lowest BCUT2D eigenvalue weighted by atomic mass is 10.1. The summed E-state index contributed by atoms with van der Waals surface area (Å²) in [5.74, 6) is -3.81. The predicted molar refractivity (Wildman–Crippen MR) is 104 cm³/mol. The quantitative estimate of drug-likeness (QED) is 0.757. The lowest BCUT2D eigenvalue weighted by Gasteiger charge is -2.34. The first kappa shape index (κ1) is 21.8. The zero-order valence-electron chi connectivity index (χ0n) is 15.2. The Morgan fingerprint density at radius 3 is 2.00 bits per heavy atom. The fourth-order valence-corrected chi connectivity index (χ4v) is 3.06. The molecule has 1 fully saturated rings. The van der Waals surface area contributed by atoms with E-state index >= 15 is 0 Å². The van der Waals surface area contributed by atoms with Crippen LogP contribution in [0.3, 0.4) is 0 Å². The van der Waals surface area contributed by atoms with E-state index in [9.17, 15) is 4.39 Å². The maximum atomic E-state index is 13.2. The van der Waals surface area contributed by atoms with Crippen molar-refractivity contribution in [2.24, 2.45) is 0 Å². The van der Waals surface area contributed by atoms with Crippen molar-refractivity contribution in [1.82, 2.24) is 9.80 Å². The Hall–Kier alpha value is -2.48. The van der Waals surface area contributed by atoms with E-state index in [1.165, 1.54) is 11.6 Å². The van der Waals surface area contributed by atoms with Gasteiger partial charge in [0.2, 0.25) is 0 Å². The number of piperazine rings is 1. The molecular weight excluding hydrogens is 387 g/mol. The van der Waals surface area contributed by atoms with Crippen LogP contribution in [-0.4, -0.2) is 58.1 Å². The molecule has 1 saturated heterocycles. The Morgan fingerprint density at radius 2 is 1.46 bits per heavy atom. The molecule has 0 saturated carbocycles. The van der Waals surface area contributed by atoms with Crippen LogP contribution in [0.15, 0.2) is 48.5 Å². The number of carbonyl (C=O) groups is 2. The van der Waals surface area contributed by atoms with E-state index in [4.69, 9.17) is 31.4 Å². The third-order valence-corrected chi connectivity index (χ3v) is 4.66. The topological polar surface area (TPSA) is 81.1 Å². The number of carboxylic acids is 2. The van der Waals surface area contributed by atoms with Gasteiger partial charge < -0.3 is 10.2 Å². The van der Waals surface area contributed by atoms with Gasteiger partial charge >= 0.3 is 11.9 Å². The molecular formula is C20H22ClFN2O4. The van der Waals surface area contributed by atoms with Gasteiger partial charge in [0.15, 0.2) is 0 Å². The number of carboxylic acid groups (broad SMARTS) is 2. The summed E-state index contributed by atoms with van der Waals surface area (Å²) in [6.45, 7) is 5.74. The number of hydrogen-bond donors (Lipinski definition) is 2. The Morgan fingerprint density at radius 1 is 0.893 bits per heavy atom. The van der Waals surface area contributed by atoms with Crippen LogP contribution in [0.25, 0.3) is 0 Å². The van der Waals surface area contributed by atoms with E-state index in [-0.39, 0.29) is 5.82 Å². The molecule has 0 aromatic heterocycles. The van der Waals surface area contributed by atoms with E-state index in [1.54, 1.807) is 12.1 Å². The highest BCUT2D eigenvalue weighted by Crippen LogP contribution is 2.18. The third kappa shape index (κ3) is 7.26. The van der Waals surface area contributed by atoms with Crippen LogP contribution in [0.4, 0.5) is 4.39 Å². The van der Waals surface area contributed by atoms with Gasteiger partial charge in [0.1, 0.15) is 5.82 Å². The molecule has 150 valence electrons. The Labute approximate surface area is 167 Å². The summed E-state index contributed by atoms with van der Waals surface area (Å²) in [5, 5.41) is 15.6. The SMILES string of the molecule is Fc1cccc(CN2CCN(Cc3ccccc3Cl)CC2)c1.O=C(O)C(=O)O. The maximum Gasteiger partial charge on any atom is 0.414 e. The molecule has 0 unspecified atom stereocenters. The van der Waals surface area contributed by atoms with Crippen LogP contribution in [0.5, 0.6) is 0 Å². The molecule has 3 rings (SSSR count). The van der Waals surface area contributed by atoms with Crippen molar-refractivity contribution < 1.29 is 24.2 Å². The van der Waals surface area contributed by atoms with Gasteiger partial charge in [0.25, 0.3) is 0 Å². The number of aliphatic carboxylic acids is 2. The van der Waals surface area contributed by atoms with E-state index in [1.807, 2.05) is 24.3 Å². The first-order valence-corrected chi connectivity index (χ1v) is 9.11. The van der Waals surface area contributed by atoms with Crippen LogP contribution in [0, 0.1) is 5.82 Å². The molecule has 0 atom stereocenters. The van der Waals surface area contributed by atoms with E-state index in [0.717, 1.165) is 49.9 Å². The molecule has 0 spiro atoms. The summed E-state index contributed by atoms with van der Waals surface area (Å²) in [7, 11) is 0. The fraction of sp³-hybridized carbons (Fsp3) is 0.300. The van der Waals surface area contributed by atoms with Crippen LogP contribution < -0.4 is 0 Å². The summed E-state index contributed by atoms with van der Waals surface area (Å²) in [6, 6.07) is 14.9. The highest BCUT2D eigenvalue weighted by molar-refractivity contribution is 6.31. The summed E-state index contributed by atoms with van der Waals surface area (Å²) in [5.41, 5.74) is 2.22. The molecule has 28 heavy (non-hydrogen) atoms. The number of hydrogen-bond acceptors (Lipinski definition) is 4. The van der Waals surface area contributed by atoms with Gasteiger partial charge in [-0.3, -0.25) is 9.80 Å². The first-order valence-electron chi connectivity index (χ1n) is 8.74. The van der Waals surface area contributed by atoms with Crippen LogP contribution in [-0.2, 0) is 22.7 Å². The summed E-state index contributed by atoms with van der Waals surface area (Å²) < 4.78 is 13.2. The summed E-state index contributed by atoms with van der Waals surface area (Å²) in [4.78, 5) is 23.0. The van der Waals surface area contributed by atoms with Crippen molar-refractivity contribution in [1.29, 1.82) is 0 Å². The van der Waals surface area contributed by atoms with Crippen molar-refractivity contribution >= 4 is 23.5 Å². The molecule has 0 aliphatic carbocycles. The van der Waals surface area contributed by atoms with Crippen molar-refractivity contribution in [2.75, 3.05) is 26.2 Å². The molecule has 0 amide bonds. The van der Waals surface area contributed by atoms with Crippen molar-refractivity contribution in [3.05, 3.63) is 70.5 Å². The summed E-state index contributed by atoms with van der Waals surface area (Å²) >= 11 is 6.22. The third-order valence-electron chi connectivity index (χ3n) is 4.29. The highest BCUT2D eigenvalue weighted by atomic mass is 35.5. The molecule has 2 aromatic carbocycles. The second-order valence-electron chi connectivity index (χ2n) is 6.38. The smallest absolute Gasteiger partial charge is 0.414 e. The predicted octanol–water partition coefficient (Wildman–Crippen LogP) is 2.95. The molecule has 1 heterocycles. The molecule has 6 nitrogen and oxygen atoms in total. The molecule has 0 bridgehead atoms. The molecule has 2 N–H and O–H groups in total. The van der Waals surface area contributed by atoms with E-state index in [2.05, 4.69) is 15.9 Å². The number of rotatable bonds is 4. The molecule has 1 aliphatic heterocycles. The minimum Gasteiger partial charge on any atom is -0.473 e. The Bertz CT molecular complexity index is 798. The van der Waals surface area contributed by atoms with E-state index < -0.39 is 11.9 Å². The minimum atomic E-state index is -1.82. The lowest BCUT2D eigenvalue weighted by Crippen LogP contribution is -2.45. The van der Waals surface area contributed by atoms with E-state index in [0.29, 0.717) is 0 Å². The molecule has 2 aromatic rings. The Balaban J connectivity index is 0.000000409. The summed E-state index contributed by atoms with van der Waals surface area (Å²) in [6.07, 6.45) is 0. The first-order chi connectivity index (χ1) is 13.3. The van der Waals surface area contributed by atoms with Gasteiger partial charge in [-0.1, -0.05) is 41.9 Å². The molecule has 1 aliphatic rings. The van der Waals surface area contributed by atoms with Gasteiger partial charge in [0, 0.05) is 44.3 Å². The average Bonchev–Trinajstić information content (AvgIpc) is 2.66.